The molecule has 4 nitrogen and oxygen atoms in total. The lowest BCUT2D eigenvalue weighted by Crippen LogP contribution is -2.57. The van der Waals surface area contributed by atoms with E-state index in [-0.39, 0.29) is 6.54 Å². The van der Waals surface area contributed by atoms with Gasteiger partial charge in [-0.05, 0) is 49.5 Å². The third-order valence-electron chi connectivity index (χ3n) is 5.40. The second kappa shape index (κ2) is 6.48. The molecule has 0 amide bonds. The Hall–Kier alpha value is -0.610. The molecule has 22 heavy (non-hydrogen) atoms. The van der Waals surface area contributed by atoms with Gasteiger partial charge in [-0.15, -0.1) is 0 Å². The summed E-state index contributed by atoms with van der Waals surface area (Å²) in [5.41, 5.74) is 0.836. The molecule has 0 radical (unpaired) electrons. The Labute approximate surface area is 135 Å². The number of rotatable bonds is 6. The van der Waals surface area contributed by atoms with Gasteiger partial charge in [0.1, 0.15) is 0 Å². The van der Waals surface area contributed by atoms with Crippen LogP contribution in [0.3, 0.4) is 0 Å². The smallest absolute Gasteiger partial charge is 0.317 e. The average molecular weight is 310 g/mol. The Morgan fingerprint density at radius 3 is 2.14 bits per heavy atom. The van der Waals surface area contributed by atoms with Crippen LogP contribution in [0.2, 0.25) is 0 Å². The maximum Gasteiger partial charge on any atom is 0.317 e. The number of nitrogens with zero attached hydrogens (tertiary/aromatic N) is 1. The Balaban J connectivity index is 1.81. The van der Waals surface area contributed by atoms with Crippen molar-refractivity contribution in [3.63, 3.8) is 0 Å². The van der Waals surface area contributed by atoms with Crippen molar-refractivity contribution < 1.29 is 9.90 Å². The van der Waals surface area contributed by atoms with E-state index in [1.54, 1.807) is 0 Å². The fourth-order valence-electron chi connectivity index (χ4n) is 4.99. The van der Waals surface area contributed by atoms with Gasteiger partial charge in [0.2, 0.25) is 0 Å². The highest BCUT2D eigenvalue weighted by atomic mass is 16.4. The zero-order valence-electron chi connectivity index (χ0n) is 15.0. The molecule has 128 valence electrons. The van der Waals surface area contributed by atoms with Crippen LogP contribution in [0, 0.1) is 10.8 Å². The van der Waals surface area contributed by atoms with Gasteiger partial charge >= 0.3 is 5.97 Å². The van der Waals surface area contributed by atoms with Crippen molar-refractivity contribution in [1.82, 2.24) is 10.2 Å². The maximum atomic E-state index is 10.9. The Bertz CT molecular complexity index is 384. The fraction of sp³-hybridized carbons (Fsp3) is 0.944. The SMILES string of the molecule is CCN(CC(=O)O)C1CC(NC2CC(C)(C)CC(C)(C)C2)C1. The monoisotopic (exact) mass is 310 g/mol. The molecule has 2 fully saturated rings. The van der Waals surface area contributed by atoms with Gasteiger partial charge in [-0.1, -0.05) is 34.6 Å². The molecule has 0 spiro atoms. The fourth-order valence-corrected chi connectivity index (χ4v) is 4.99. The van der Waals surface area contributed by atoms with Gasteiger partial charge in [0.25, 0.3) is 0 Å². The van der Waals surface area contributed by atoms with E-state index < -0.39 is 5.97 Å². The van der Waals surface area contributed by atoms with E-state index in [1.807, 2.05) is 0 Å². The van der Waals surface area contributed by atoms with Gasteiger partial charge < -0.3 is 10.4 Å². The van der Waals surface area contributed by atoms with Crippen LogP contribution < -0.4 is 5.32 Å². The van der Waals surface area contributed by atoms with Gasteiger partial charge in [0.05, 0.1) is 6.54 Å². The van der Waals surface area contributed by atoms with Gasteiger partial charge in [-0.3, -0.25) is 9.69 Å². The minimum absolute atomic E-state index is 0.178. The number of hydrogen-bond acceptors (Lipinski definition) is 3. The number of carboxylic acids is 1. The lowest BCUT2D eigenvalue weighted by Gasteiger charge is -2.49. The van der Waals surface area contributed by atoms with E-state index in [9.17, 15) is 4.79 Å². The molecule has 4 heteroatoms. The van der Waals surface area contributed by atoms with E-state index in [4.69, 9.17) is 5.11 Å². The van der Waals surface area contributed by atoms with E-state index in [1.165, 1.54) is 19.3 Å². The molecular weight excluding hydrogens is 276 g/mol. The first-order chi connectivity index (χ1) is 10.1. The Morgan fingerprint density at radius 1 is 1.14 bits per heavy atom. The van der Waals surface area contributed by atoms with Gasteiger partial charge in [-0.2, -0.15) is 0 Å². The maximum absolute atomic E-state index is 10.9. The zero-order chi connectivity index (χ0) is 16.5. The Kier molecular flexibility index (Phi) is 5.23. The summed E-state index contributed by atoms with van der Waals surface area (Å²) in [7, 11) is 0. The summed E-state index contributed by atoms with van der Waals surface area (Å²) in [5, 5.41) is 12.8. The summed E-state index contributed by atoms with van der Waals surface area (Å²) in [6, 6.07) is 1.63. The quantitative estimate of drug-likeness (QED) is 0.791. The lowest BCUT2D eigenvalue weighted by atomic mass is 9.63. The van der Waals surface area contributed by atoms with Crippen LogP contribution in [0.4, 0.5) is 0 Å². The van der Waals surface area contributed by atoms with E-state index in [0.717, 1.165) is 19.4 Å². The minimum atomic E-state index is -0.714. The zero-order valence-corrected chi connectivity index (χ0v) is 15.0. The summed E-state index contributed by atoms with van der Waals surface area (Å²) in [5.74, 6) is -0.714. The highest BCUT2D eigenvalue weighted by Gasteiger charge is 2.41. The molecule has 0 aromatic rings. The van der Waals surface area contributed by atoms with Crippen LogP contribution in [0.5, 0.6) is 0 Å². The second-order valence-electron chi connectivity index (χ2n) is 9.06. The third-order valence-corrected chi connectivity index (χ3v) is 5.40. The lowest BCUT2D eigenvalue weighted by molar-refractivity contribution is -0.139. The van der Waals surface area contributed by atoms with Crippen LogP contribution in [0.15, 0.2) is 0 Å². The molecule has 0 atom stereocenters. The molecule has 0 unspecified atom stereocenters. The van der Waals surface area contributed by atoms with Crippen LogP contribution in [0.25, 0.3) is 0 Å². The second-order valence-corrected chi connectivity index (χ2v) is 9.06. The average Bonchev–Trinajstić information content (AvgIpc) is 2.26. The first-order valence-electron chi connectivity index (χ1n) is 8.82. The highest BCUT2D eigenvalue weighted by molar-refractivity contribution is 5.69. The van der Waals surface area contributed by atoms with Crippen molar-refractivity contribution in [3.05, 3.63) is 0 Å². The summed E-state index contributed by atoms with van der Waals surface area (Å²) >= 11 is 0. The molecule has 0 heterocycles. The van der Waals surface area contributed by atoms with E-state index in [2.05, 4.69) is 44.8 Å². The topological polar surface area (TPSA) is 52.6 Å². The van der Waals surface area contributed by atoms with Crippen molar-refractivity contribution in [3.8, 4) is 0 Å². The van der Waals surface area contributed by atoms with Crippen molar-refractivity contribution in [2.24, 2.45) is 10.8 Å². The molecule has 0 saturated heterocycles. The summed E-state index contributed by atoms with van der Waals surface area (Å²) in [6.45, 7) is 12.6. The molecular formula is C18H34N2O2. The number of nitrogens with one attached hydrogen (secondary N) is 1. The molecule has 0 bridgehead atoms. The van der Waals surface area contributed by atoms with Crippen molar-refractivity contribution in [2.75, 3.05) is 13.1 Å². The van der Waals surface area contributed by atoms with Crippen LogP contribution in [-0.2, 0) is 4.79 Å². The number of carbonyl (C=O) groups is 1. The van der Waals surface area contributed by atoms with Gasteiger partial charge in [0.15, 0.2) is 0 Å². The first-order valence-corrected chi connectivity index (χ1v) is 8.82. The van der Waals surface area contributed by atoms with Gasteiger partial charge in [-0.25, -0.2) is 0 Å². The first kappa shape index (κ1) is 17.7. The van der Waals surface area contributed by atoms with Crippen molar-refractivity contribution in [1.29, 1.82) is 0 Å². The third kappa shape index (κ3) is 4.69. The number of aliphatic carboxylic acids is 1. The molecule has 2 aliphatic rings. The summed E-state index contributed by atoms with van der Waals surface area (Å²) < 4.78 is 0. The standard InChI is InChI=1S/C18H34N2O2/c1-6-20(11-16(21)22)15-7-13(8-15)19-14-9-17(2,3)12-18(4,5)10-14/h13-15,19H,6-12H2,1-5H3,(H,21,22). The van der Waals surface area contributed by atoms with Crippen LogP contribution in [-0.4, -0.2) is 47.2 Å². The highest BCUT2D eigenvalue weighted by Crippen LogP contribution is 2.46. The normalized spacial score (nSPS) is 31.0. The Morgan fingerprint density at radius 2 is 1.68 bits per heavy atom. The molecule has 0 aromatic heterocycles. The largest absolute Gasteiger partial charge is 0.480 e. The molecule has 2 rings (SSSR count). The van der Waals surface area contributed by atoms with E-state index >= 15 is 0 Å². The van der Waals surface area contributed by atoms with Crippen LogP contribution >= 0.6 is 0 Å². The number of likely N-dealkylation sites (N-methyl/N-ethyl adjacent to an activating group) is 1. The number of carboxylic acid groups (broad SMARTS) is 1. The molecule has 2 N–H and O–H groups in total. The predicted molar refractivity (Wildman–Crippen MR) is 90.0 cm³/mol. The molecule has 2 aliphatic carbocycles. The minimum Gasteiger partial charge on any atom is -0.480 e. The van der Waals surface area contributed by atoms with Crippen molar-refractivity contribution in [2.45, 2.75) is 84.8 Å². The molecule has 0 aliphatic heterocycles. The van der Waals surface area contributed by atoms with Gasteiger partial charge in [0, 0.05) is 18.1 Å². The van der Waals surface area contributed by atoms with Crippen molar-refractivity contribution >= 4 is 5.97 Å². The molecule has 2 saturated carbocycles. The molecule has 0 aromatic carbocycles. The summed E-state index contributed by atoms with van der Waals surface area (Å²) in [4.78, 5) is 13.0. The van der Waals surface area contributed by atoms with Crippen LogP contribution in [0.1, 0.15) is 66.7 Å². The number of hydrogen-bond donors (Lipinski definition) is 2. The predicted octanol–water partition coefficient (Wildman–Crippen LogP) is 3.12. The van der Waals surface area contributed by atoms with E-state index in [0.29, 0.717) is 29.0 Å². The summed E-state index contributed by atoms with van der Waals surface area (Å²) in [6.07, 6.45) is 6.00.